The standard InChI is InChI=1S/C11H12N2O/c1-3-10(12-2)13-11(14)9-7-5-4-6-8-9/h3-8H,1H2,2H3,(H,12,13,14). The summed E-state index contributed by atoms with van der Waals surface area (Å²) in [6, 6.07) is 8.97. The van der Waals surface area contributed by atoms with Crippen LogP contribution in [0.5, 0.6) is 0 Å². The molecule has 1 rings (SSSR count). The van der Waals surface area contributed by atoms with E-state index in [9.17, 15) is 4.79 Å². The van der Waals surface area contributed by atoms with Crippen LogP contribution in [0.1, 0.15) is 10.4 Å². The second-order valence-corrected chi connectivity index (χ2v) is 2.63. The summed E-state index contributed by atoms with van der Waals surface area (Å²) in [5.74, 6) is 0.296. The molecule has 0 spiro atoms. The number of amidine groups is 1. The lowest BCUT2D eigenvalue weighted by molar-refractivity contribution is 0.0977. The van der Waals surface area contributed by atoms with Gasteiger partial charge in [0, 0.05) is 12.6 Å². The largest absolute Gasteiger partial charge is 0.307 e. The van der Waals surface area contributed by atoms with Gasteiger partial charge in [-0.25, -0.2) is 0 Å². The Morgan fingerprint density at radius 3 is 2.57 bits per heavy atom. The molecule has 0 unspecified atom stereocenters. The first-order chi connectivity index (χ1) is 6.77. The molecular weight excluding hydrogens is 176 g/mol. The van der Waals surface area contributed by atoms with Crippen LogP contribution < -0.4 is 5.32 Å². The molecule has 0 saturated heterocycles. The topological polar surface area (TPSA) is 41.5 Å². The van der Waals surface area contributed by atoms with Crippen LogP contribution in [-0.4, -0.2) is 18.8 Å². The molecule has 1 amide bonds. The van der Waals surface area contributed by atoms with Crippen LogP contribution in [0.15, 0.2) is 48.0 Å². The maximum atomic E-state index is 11.5. The van der Waals surface area contributed by atoms with Crippen molar-refractivity contribution >= 4 is 11.7 Å². The number of rotatable bonds is 2. The number of nitrogens with zero attached hydrogens (tertiary/aromatic N) is 1. The second-order valence-electron chi connectivity index (χ2n) is 2.63. The van der Waals surface area contributed by atoms with Gasteiger partial charge in [0.15, 0.2) is 0 Å². The third-order valence-corrected chi connectivity index (χ3v) is 1.71. The fraction of sp³-hybridized carbons (Fsp3) is 0.0909. The lowest BCUT2D eigenvalue weighted by Crippen LogP contribution is -2.28. The molecule has 1 N–H and O–H groups in total. The Morgan fingerprint density at radius 2 is 2.07 bits per heavy atom. The van der Waals surface area contributed by atoms with Gasteiger partial charge in [-0.2, -0.15) is 0 Å². The van der Waals surface area contributed by atoms with Gasteiger partial charge in [0.2, 0.25) is 0 Å². The van der Waals surface area contributed by atoms with Gasteiger partial charge < -0.3 is 5.32 Å². The number of benzene rings is 1. The van der Waals surface area contributed by atoms with E-state index < -0.39 is 0 Å². The fourth-order valence-corrected chi connectivity index (χ4v) is 0.976. The second kappa shape index (κ2) is 4.97. The SMILES string of the molecule is C=CC(=NC)NC(=O)c1ccccc1. The quantitative estimate of drug-likeness (QED) is 0.556. The predicted molar refractivity (Wildman–Crippen MR) is 57.5 cm³/mol. The molecule has 72 valence electrons. The Hall–Kier alpha value is -1.90. The molecule has 3 nitrogen and oxygen atoms in total. The summed E-state index contributed by atoms with van der Waals surface area (Å²) < 4.78 is 0. The summed E-state index contributed by atoms with van der Waals surface area (Å²) in [6.07, 6.45) is 1.50. The first-order valence-corrected chi connectivity index (χ1v) is 4.23. The zero-order chi connectivity index (χ0) is 10.4. The minimum Gasteiger partial charge on any atom is -0.307 e. The maximum Gasteiger partial charge on any atom is 0.256 e. The highest BCUT2D eigenvalue weighted by molar-refractivity contribution is 6.09. The average molecular weight is 188 g/mol. The van der Waals surface area contributed by atoms with Gasteiger partial charge in [-0.15, -0.1) is 0 Å². The minimum atomic E-state index is -0.175. The number of carbonyl (C=O) groups is 1. The van der Waals surface area contributed by atoms with Gasteiger partial charge in [-0.05, 0) is 18.2 Å². The summed E-state index contributed by atoms with van der Waals surface area (Å²) in [6.45, 7) is 3.53. The van der Waals surface area contributed by atoms with Gasteiger partial charge in [0.25, 0.3) is 5.91 Å². The van der Waals surface area contributed by atoms with E-state index in [2.05, 4.69) is 16.9 Å². The van der Waals surface area contributed by atoms with Crippen LogP contribution >= 0.6 is 0 Å². The zero-order valence-electron chi connectivity index (χ0n) is 8.03. The molecule has 0 heterocycles. The van der Waals surface area contributed by atoms with E-state index in [4.69, 9.17) is 0 Å². The third-order valence-electron chi connectivity index (χ3n) is 1.71. The van der Waals surface area contributed by atoms with E-state index in [0.717, 1.165) is 0 Å². The van der Waals surface area contributed by atoms with Crippen LogP contribution in [0, 0.1) is 0 Å². The zero-order valence-corrected chi connectivity index (χ0v) is 8.03. The molecule has 0 aliphatic carbocycles. The number of amides is 1. The molecule has 0 atom stereocenters. The normalized spacial score (nSPS) is 10.8. The maximum absolute atomic E-state index is 11.5. The van der Waals surface area contributed by atoms with Crippen LogP contribution in [0.2, 0.25) is 0 Å². The number of aliphatic imine (C=N–C) groups is 1. The highest BCUT2D eigenvalue weighted by Gasteiger charge is 2.04. The Labute approximate surface area is 83.2 Å². The number of carbonyl (C=O) groups excluding carboxylic acids is 1. The van der Waals surface area contributed by atoms with Gasteiger partial charge in [-0.3, -0.25) is 9.79 Å². The van der Waals surface area contributed by atoms with Crippen molar-refractivity contribution in [2.45, 2.75) is 0 Å². The Bertz CT molecular complexity index is 355. The van der Waals surface area contributed by atoms with Crippen molar-refractivity contribution in [3.63, 3.8) is 0 Å². The highest BCUT2D eigenvalue weighted by atomic mass is 16.1. The predicted octanol–water partition coefficient (Wildman–Crippen LogP) is 1.63. The lowest BCUT2D eigenvalue weighted by Gasteiger charge is -2.03. The first-order valence-electron chi connectivity index (χ1n) is 4.23. The van der Waals surface area contributed by atoms with Crippen LogP contribution in [0.4, 0.5) is 0 Å². The number of hydrogen-bond acceptors (Lipinski definition) is 2. The summed E-state index contributed by atoms with van der Waals surface area (Å²) >= 11 is 0. The highest BCUT2D eigenvalue weighted by Crippen LogP contribution is 1.97. The molecular formula is C11H12N2O. The van der Waals surface area contributed by atoms with E-state index in [1.165, 1.54) is 6.08 Å². The molecule has 1 aromatic carbocycles. The van der Waals surface area contributed by atoms with Crippen molar-refractivity contribution < 1.29 is 4.79 Å². The van der Waals surface area contributed by atoms with E-state index in [0.29, 0.717) is 11.4 Å². The van der Waals surface area contributed by atoms with Crippen molar-refractivity contribution in [2.24, 2.45) is 4.99 Å². The number of nitrogens with one attached hydrogen (secondary N) is 1. The van der Waals surface area contributed by atoms with Gasteiger partial charge in [0.1, 0.15) is 5.84 Å². The summed E-state index contributed by atoms with van der Waals surface area (Å²) in [7, 11) is 1.60. The molecule has 0 aliphatic heterocycles. The first kappa shape index (κ1) is 10.2. The van der Waals surface area contributed by atoms with E-state index >= 15 is 0 Å². The molecule has 0 radical (unpaired) electrons. The summed E-state index contributed by atoms with van der Waals surface area (Å²) in [5, 5.41) is 2.63. The fourth-order valence-electron chi connectivity index (χ4n) is 0.976. The van der Waals surface area contributed by atoms with Gasteiger partial charge >= 0.3 is 0 Å². The summed E-state index contributed by atoms with van der Waals surface area (Å²) in [4.78, 5) is 15.4. The van der Waals surface area contributed by atoms with Crippen molar-refractivity contribution in [2.75, 3.05) is 7.05 Å². The van der Waals surface area contributed by atoms with Gasteiger partial charge in [-0.1, -0.05) is 24.8 Å². The molecule has 0 aliphatic rings. The van der Waals surface area contributed by atoms with E-state index in [-0.39, 0.29) is 5.91 Å². The van der Waals surface area contributed by atoms with E-state index in [1.807, 2.05) is 18.2 Å². The van der Waals surface area contributed by atoms with Crippen molar-refractivity contribution in [1.29, 1.82) is 0 Å². The van der Waals surface area contributed by atoms with Crippen LogP contribution in [0.3, 0.4) is 0 Å². The number of hydrogen-bond donors (Lipinski definition) is 1. The molecule has 3 heteroatoms. The van der Waals surface area contributed by atoms with Crippen molar-refractivity contribution in [3.05, 3.63) is 48.6 Å². The monoisotopic (exact) mass is 188 g/mol. The average Bonchev–Trinajstić information content (AvgIpc) is 2.26. The molecule has 1 aromatic rings. The van der Waals surface area contributed by atoms with Crippen molar-refractivity contribution in [1.82, 2.24) is 5.32 Å². The van der Waals surface area contributed by atoms with Crippen LogP contribution in [0.25, 0.3) is 0 Å². The third kappa shape index (κ3) is 2.55. The smallest absolute Gasteiger partial charge is 0.256 e. The molecule has 0 aromatic heterocycles. The molecule has 0 saturated carbocycles. The van der Waals surface area contributed by atoms with Crippen LogP contribution in [-0.2, 0) is 0 Å². The molecule has 0 fully saturated rings. The summed E-state index contributed by atoms with van der Waals surface area (Å²) in [5.41, 5.74) is 0.607. The lowest BCUT2D eigenvalue weighted by atomic mass is 10.2. The molecule has 0 bridgehead atoms. The Morgan fingerprint density at radius 1 is 1.43 bits per heavy atom. The van der Waals surface area contributed by atoms with Gasteiger partial charge in [0.05, 0.1) is 0 Å². The van der Waals surface area contributed by atoms with Crippen molar-refractivity contribution in [3.8, 4) is 0 Å². The Balaban J connectivity index is 2.73. The minimum absolute atomic E-state index is 0.175. The van der Waals surface area contributed by atoms with E-state index in [1.54, 1.807) is 19.2 Å². The molecule has 14 heavy (non-hydrogen) atoms. The Kier molecular flexibility index (Phi) is 3.61.